The molecule has 0 radical (unpaired) electrons. The number of aliphatic hydroxyl groups is 1. The Hall–Kier alpha value is -1.40. The minimum atomic E-state index is -2.87. The van der Waals surface area contributed by atoms with Crippen LogP contribution in [0.15, 0.2) is 18.2 Å². The van der Waals surface area contributed by atoms with Crippen LogP contribution in [-0.2, 0) is 6.54 Å². The number of methoxy groups -OCH3 is 1. The Morgan fingerprint density at radius 3 is 2.68 bits per heavy atom. The number of halogens is 2. The van der Waals surface area contributed by atoms with Crippen molar-refractivity contribution in [2.45, 2.75) is 38.5 Å². The summed E-state index contributed by atoms with van der Waals surface area (Å²) in [7, 11) is 3.41. The molecule has 1 aromatic rings. The van der Waals surface area contributed by atoms with Crippen LogP contribution in [-0.4, -0.2) is 43.4 Å². The molecule has 1 aliphatic rings. The van der Waals surface area contributed by atoms with Crippen LogP contribution in [0, 0.1) is 5.92 Å². The first kappa shape index (κ1) is 17.0. The van der Waals surface area contributed by atoms with Crippen molar-refractivity contribution in [3.05, 3.63) is 23.8 Å². The second kappa shape index (κ2) is 7.74. The summed E-state index contributed by atoms with van der Waals surface area (Å²) < 4.78 is 34.1. The van der Waals surface area contributed by atoms with Crippen molar-refractivity contribution < 1.29 is 23.4 Å². The maximum Gasteiger partial charge on any atom is 0.387 e. The zero-order chi connectivity index (χ0) is 16.1. The molecule has 0 spiro atoms. The van der Waals surface area contributed by atoms with Gasteiger partial charge in [-0.25, -0.2) is 0 Å². The van der Waals surface area contributed by atoms with Crippen molar-refractivity contribution in [2.24, 2.45) is 5.92 Å². The fraction of sp³-hybridized carbons (Fsp3) is 0.625. The summed E-state index contributed by atoms with van der Waals surface area (Å²) in [6.07, 6.45) is 2.80. The van der Waals surface area contributed by atoms with Gasteiger partial charge in [0.15, 0.2) is 11.5 Å². The fourth-order valence-corrected chi connectivity index (χ4v) is 3.01. The Morgan fingerprint density at radius 2 is 2.09 bits per heavy atom. The van der Waals surface area contributed by atoms with Gasteiger partial charge < -0.3 is 19.5 Å². The average molecular weight is 315 g/mol. The largest absolute Gasteiger partial charge is 0.493 e. The predicted molar refractivity (Wildman–Crippen MR) is 79.3 cm³/mol. The van der Waals surface area contributed by atoms with Crippen molar-refractivity contribution in [3.8, 4) is 11.5 Å². The maximum atomic E-state index is 12.3. The Bertz CT molecular complexity index is 484. The summed E-state index contributed by atoms with van der Waals surface area (Å²) >= 11 is 0. The van der Waals surface area contributed by atoms with Crippen LogP contribution in [0.2, 0.25) is 0 Å². The lowest BCUT2D eigenvalue weighted by molar-refractivity contribution is -0.0512. The summed E-state index contributed by atoms with van der Waals surface area (Å²) in [4.78, 5) is 2.13. The number of ether oxygens (including phenoxy) is 2. The highest BCUT2D eigenvalue weighted by atomic mass is 19.3. The topological polar surface area (TPSA) is 41.9 Å². The highest BCUT2D eigenvalue weighted by molar-refractivity contribution is 5.43. The molecule has 2 unspecified atom stereocenters. The lowest BCUT2D eigenvalue weighted by Gasteiger charge is -2.23. The number of nitrogens with zero attached hydrogens (tertiary/aromatic N) is 1. The lowest BCUT2D eigenvalue weighted by Crippen LogP contribution is -2.29. The molecule has 0 bridgehead atoms. The van der Waals surface area contributed by atoms with Gasteiger partial charge in [0.2, 0.25) is 0 Å². The zero-order valence-electron chi connectivity index (χ0n) is 13.0. The third-order valence-electron chi connectivity index (χ3n) is 4.06. The molecule has 0 heterocycles. The van der Waals surface area contributed by atoms with Crippen molar-refractivity contribution >= 4 is 0 Å². The summed E-state index contributed by atoms with van der Waals surface area (Å²) in [5, 5.41) is 9.87. The molecule has 1 aromatic carbocycles. The first-order valence-corrected chi connectivity index (χ1v) is 7.48. The normalized spacial score (nSPS) is 21.6. The van der Waals surface area contributed by atoms with Gasteiger partial charge in [-0.3, -0.25) is 0 Å². The molecule has 1 N–H and O–H groups in total. The number of hydrogen-bond acceptors (Lipinski definition) is 4. The Kier molecular flexibility index (Phi) is 5.97. The van der Waals surface area contributed by atoms with Gasteiger partial charge in [-0.15, -0.1) is 0 Å². The van der Waals surface area contributed by atoms with E-state index in [4.69, 9.17) is 4.74 Å². The van der Waals surface area contributed by atoms with Gasteiger partial charge in [-0.2, -0.15) is 8.78 Å². The second-order valence-corrected chi connectivity index (χ2v) is 5.82. The predicted octanol–water partition coefficient (Wildman–Crippen LogP) is 2.89. The Morgan fingerprint density at radius 1 is 1.32 bits per heavy atom. The molecule has 0 aromatic heterocycles. The van der Waals surface area contributed by atoms with E-state index in [1.54, 1.807) is 12.1 Å². The molecule has 0 saturated heterocycles. The van der Waals surface area contributed by atoms with Gasteiger partial charge in [-0.05, 0) is 43.5 Å². The summed E-state index contributed by atoms with van der Waals surface area (Å²) in [5.41, 5.74) is 0.952. The SMILES string of the molecule is COc1cc(CN(C)CC2CCCC2O)ccc1OC(F)F. The molecule has 1 aliphatic carbocycles. The van der Waals surface area contributed by atoms with Crippen LogP contribution >= 0.6 is 0 Å². The van der Waals surface area contributed by atoms with Gasteiger partial charge in [0.25, 0.3) is 0 Å². The molecular formula is C16H23F2NO3. The minimum Gasteiger partial charge on any atom is -0.493 e. The molecule has 22 heavy (non-hydrogen) atoms. The monoisotopic (exact) mass is 315 g/mol. The molecule has 0 aliphatic heterocycles. The van der Waals surface area contributed by atoms with E-state index in [9.17, 15) is 13.9 Å². The van der Waals surface area contributed by atoms with E-state index in [2.05, 4.69) is 9.64 Å². The van der Waals surface area contributed by atoms with Crippen LogP contribution in [0.5, 0.6) is 11.5 Å². The molecule has 1 saturated carbocycles. The molecule has 0 amide bonds. The fourth-order valence-electron chi connectivity index (χ4n) is 3.01. The van der Waals surface area contributed by atoms with Crippen molar-refractivity contribution in [1.82, 2.24) is 4.90 Å². The first-order valence-electron chi connectivity index (χ1n) is 7.48. The van der Waals surface area contributed by atoms with Crippen molar-refractivity contribution in [1.29, 1.82) is 0 Å². The van der Waals surface area contributed by atoms with Crippen LogP contribution < -0.4 is 9.47 Å². The molecule has 6 heteroatoms. The van der Waals surface area contributed by atoms with Gasteiger partial charge in [0.1, 0.15) is 0 Å². The Balaban J connectivity index is 1.97. The van der Waals surface area contributed by atoms with E-state index in [0.29, 0.717) is 18.2 Å². The molecule has 124 valence electrons. The quantitative estimate of drug-likeness (QED) is 0.840. The van der Waals surface area contributed by atoms with E-state index >= 15 is 0 Å². The van der Waals surface area contributed by atoms with Crippen LogP contribution in [0.1, 0.15) is 24.8 Å². The summed E-state index contributed by atoms with van der Waals surface area (Å²) in [6, 6.07) is 4.96. The molecule has 2 atom stereocenters. The van der Waals surface area contributed by atoms with Gasteiger partial charge in [0, 0.05) is 13.1 Å². The number of benzene rings is 1. The molecule has 2 rings (SSSR count). The first-order chi connectivity index (χ1) is 10.5. The number of hydrogen-bond donors (Lipinski definition) is 1. The molecule has 4 nitrogen and oxygen atoms in total. The summed E-state index contributed by atoms with van der Waals surface area (Å²) in [5.74, 6) is 0.649. The van der Waals surface area contributed by atoms with Crippen molar-refractivity contribution in [3.63, 3.8) is 0 Å². The van der Waals surface area contributed by atoms with E-state index in [1.165, 1.54) is 13.2 Å². The van der Waals surface area contributed by atoms with E-state index in [1.807, 2.05) is 7.05 Å². The standard InChI is InChI=1S/C16H23F2NO3/c1-19(10-12-4-3-5-13(12)20)9-11-6-7-14(22-16(17)18)15(8-11)21-2/h6-8,12-13,16,20H,3-5,9-10H2,1-2H3. The van der Waals surface area contributed by atoms with Gasteiger partial charge in [-0.1, -0.05) is 12.5 Å². The van der Waals surface area contributed by atoms with E-state index in [0.717, 1.165) is 31.4 Å². The van der Waals surface area contributed by atoms with Gasteiger partial charge in [0.05, 0.1) is 13.2 Å². The highest BCUT2D eigenvalue weighted by Crippen LogP contribution is 2.30. The second-order valence-electron chi connectivity index (χ2n) is 5.82. The number of aliphatic hydroxyl groups excluding tert-OH is 1. The Labute approximate surface area is 129 Å². The number of alkyl halides is 2. The van der Waals surface area contributed by atoms with Crippen molar-refractivity contribution in [2.75, 3.05) is 20.7 Å². The average Bonchev–Trinajstić information content (AvgIpc) is 2.85. The van der Waals surface area contributed by atoms with Crippen LogP contribution in [0.4, 0.5) is 8.78 Å². The molecular weight excluding hydrogens is 292 g/mol. The number of rotatable bonds is 7. The van der Waals surface area contributed by atoms with E-state index in [-0.39, 0.29) is 11.9 Å². The van der Waals surface area contributed by atoms with Crippen LogP contribution in [0.3, 0.4) is 0 Å². The highest BCUT2D eigenvalue weighted by Gasteiger charge is 2.26. The van der Waals surface area contributed by atoms with Crippen LogP contribution in [0.25, 0.3) is 0 Å². The third-order valence-corrected chi connectivity index (χ3v) is 4.06. The summed E-state index contributed by atoms with van der Waals surface area (Å²) in [6.45, 7) is -1.39. The van der Waals surface area contributed by atoms with Gasteiger partial charge >= 0.3 is 6.61 Å². The smallest absolute Gasteiger partial charge is 0.387 e. The molecule has 1 fully saturated rings. The zero-order valence-corrected chi connectivity index (χ0v) is 13.0. The van der Waals surface area contributed by atoms with E-state index < -0.39 is 6.61 Å². The maximum absolute atomic E-state index is 12.3. The minimum absolute atomic E-state index is 0.0371. The lowest BCUT2D eigenvalue weighted by atomic mass is 10.1. The third kappa shape index (κ3) is 4.55.